The van der Waals surface area contributed by atoms with Gasteiger partial charge < -0.3 is 15.6 Å². The third kappa shape index (κ3) is 4.08. The number of nitrogen functional groups attached to an aromatic ring is 1. The van der Waals surface area contributed by atoms with Crippen LogP contribution in [0.3, 0.4) is 0 Å². The highest BCUT2D eigenvalue weighted by Crippen LogP contribution is 2.26. The van der Waals surface area contributed by atoms with Gasteiger partial charge in [0, 0.05) is 12.6 Å². The van der Waals surface area contributed by atoms with E-state index in [1.165, 1.54) is 6.33 Å². The molecule has 1 heterocycles. The Kier molecular flexibility index (Phi) is 6.31. The van der Waals surface area contributed by atoms with E-state index < -0.39 is 0 Å². The predicted octanol–water partition coefficient (Wildman–Crippen LogP) is 1.67. The number of hydrogen-bond acceptors (Lipinski definition) is 6. The van der Waals surface area contributed by atoms with Crippen molar-refractivity contribution < 1.29 is 0 Å². The summed E-state index contributed by atoms with van der Waals surface area (Å²) in [5.74, 6) is 6.69. The molecule has 7 heteroatoms. The molecule has 0 saturated carbocycles. The Bertz CT molecular complexity index is 369. The minimum Gasteiger partial charge on any atom is -0.365 e. The number of hydrogen-bond donors (Lipinski definition) is 3. The van der Waals surface area contributed by atoms with Crippen LogP contribution in [0.1, 0.15) is 20.8 Å². The van der Waals surface area contributed by atoms with Crippen LogP contribution in [0.5, 0.6) is 0 Å². The first-order valence-corrected chi connectivity index (χ1v) is 6.87. The molecule has 0 aliphatic rings. The van der Waals surface area contributed by atoms with E-state index in [4.69, 9.17) is 5.84 Å². The van der Waals surface area contributed by atoms with E-state index >= 15 is 0 Å². The van der Waals surface area contributed by atoms with Crippen molar-refractivity contribution in [3.05, 3.63) is 10.8 Å². The molecule has 1 aromatic heterocycles. The highest BCUT2D eigenvalue weighted by Gasteiger charge is 2.12. The smallest absolute Gasteiger partial charge is 0.159 e. The van der Waals surface area contributed by atoms with Crippen molar-refractivity contribution in [2.75, 3.05) is 30.4 Å². The average molecular weight is 317 g/mol. The van der Waals surface area contributed by atoms with Crippen LogP contribution in [0.15, 0.2) is 10.8 Å². The summed E-state index contributed by atoms with van der Waals surface area (Å²) < 4.78 is 0.749. The zero-order chi connectivity index (χ0) is 13.5. The highest BCUT2D eigenvalue weighted by molar-refractivity contribution is 9.10. The Balaban J connectivity index is 2.67. The summed E-state index contributed by atoms with van der Waals surface area (Å²) in [7, 11) is 0. The maximum atomic E-state index is 5.37. The normalized spacial score (nSPS) is 12.6. The Morgan fingerprint density at radius 1 is 1.33 bits per heavy atom. The largest absolute Gasteiger partial charge is 0.365 e. The summed E-state index contributed by atoms with van der Waals surface area (Å²) in [5.41, 5.74) is 2.52. The van der Waals surface area contributed by atoms with Crippen LogP contribution in [-0.2, 0) is 0 Å². The van der Waals surface area contributed by atoms with Gasteiger partial charge in [0.15, 0.2) is 5.82 Å². The van der Waals surface area contributed by atoms with E-state index in [1.54, 1.807) is 0 Å². The standard InChI is InChI=1S/C11H21BrN6/c1-4-18(5-2)6-8(3)16-10-9(12)11(17-13)15-7-14-10/h7-8H,4-6,13H2,1-3H3,(H2,14,15,16,17). The van der Waals surface area contributed by atoms with Crippen molar-refractivity contribution in [3.8, 4) is 0 Å². The van der Waals surface area contributed by atoms with E-state index in [9.17, 15) is 0 Å². The first-order valence-electron chi connectivity index (χ1n) is 6.08. The van der Waals surface area contributed by atoms with Crippen LogP contribution in [0.2, 0.25) is 0 Å². The van der Waals surface area contributed by atoms with Crippen molar-refractivity contribution >= 4 is 27.6 Å². The number of hydrazine groups is 1. The lowest BCUT2D eigenvalue weighted by molar-refractivity contribution is 0.294. The number of anilines is 2. The van der Waals surface area contributed by atoms with Crippen molar-refractivity contribution in [3.63, 3.8) is 0 Å². The molecule has 4 N–H and O–H groups in total. The number of nitrogens with one attached hydrogen (secondary N) is 2. The number of nitrogens with two attached hydrogens (primary N) is 1. The van der Waals surface area contributed by atoms with E-state index in [1.807, 2.05) is 0 Å². The average Bonchev–Trinajstić information content (AvgIpc) is 2.38. The van der Waals surface area contributed by atoms with Gasteiger partial charge in [-0.2, -0.15) is 0 Å². The molecule has 0 amide bonds. The summed E-state index contributed by atoms with van der Waals surface area (Å²) in [6.07, 6.45) is 1.48. The van der Waals surface area contributed by atoms with Crippen LogP contribution in [0.25, 0.3) is 0 Å². The molecule has 1 aromatic rings. The molecule has 1 unspecified atom stereocenters. The van der Waals surface area contributed by atoms with Gasteiger partial charge in [-0.05, 0) is 35.9 Å². The van der Waals surface area contributed by atoms with Gasteiger partial charge in [0.1, 0.15) is 16.6 Å². The lowest BCUT2D eigenvalue weighted by Gasteiger charge is -2.24. The van der Waals surface area contributed by atoms with E-state index in [0.717, 1.165) is 29.9 Å². The van der Waals surface area contributed by atoms with Crippen molar-refractivity contribution in [1.82, 2.24) is 14.9 Å². The zero-order valence-electron chi connectivity index (χ0n) is 11.1. The Hall–Kier alpha value is -0.920. The zero-order valence-corrected chi connectivity index (χ0v) is 12.7. The van der Waals surface area contributed by atoms with E-state index in [2.05, 4.69) is 62.3 Å². The molecule has 102 valence electrons. The molecule has 0 saturated heterocycles. The maximum absolute atomic E-state index is 5.37. The monoisotopic (exact) mass is 316 g/mol. The minimum atomic E-state index is 0.293. The molecule has 0 spiro atoms. The molecule has 1 rings (SSSR count). The molecule has 0 radical (unpaired) electrons. The van der Waals surface area contributed by atoms with Crippen LogP contribution < -0.4 is 16.6 Å². The van der Waals surface area contributed by atoms with Crippen molar-refractivity contribution in [2.45, 2.75) is 26.8 Å². The van der Waals surface area contributed by atoms with Crippen molar-refractivity contribution in [2.24, 2.45) is 5.84 Å². The van der Waals surface area contributed by atoms with Crippen molar-refractivity contribution in [1.29, 1.82) is 0 Å². The Morgan fingerprint density at radius 3 is 2.50 bits per heavy atom. The van der Waals surface area contributed by atoms with Gasteiger partial charge in [0.2, 0.25) is 0 Å². The second-order valence-corrected chi connectivity index (χ2v) is 4.85. The molecule has 0 aliphatic heterocycles. The number of likely N-dealkylation sites (N-methyl/N-ethyl adjacent to an activating group) is 1. The summed E-state index contributed by atoms with van der Waals surface area (Å²) in [4.78, 5) is 10.6. The summed E-state index contributed by atoms with van der Waals surface area (Å²) in [6, 6.07) is 0.293. The molecule has 6 nitrogen and oxygen atoms in total. The van der Waals surface area contributed by atoms with E-state index in [0.29, 0.717) is 11.9 Å². The lowest BCUT2D eigenvalue weighted by Crippen LogP contribution is -2.35. The quantitative estimate of drug-likeness (QED) is 0.524. The molecule has 0 aliphatic carbocycles. The SMILES string of the molecule is CCN(CC)CC(C)Nc1ncnc(NN)c1Br. The number of nitrogens with zero attached hydrogens (tertiary/aromatic N) is 3. The fourth-order valence-electron chi connectivity index (χ4n) is 1.72. The third-order valence-corrected chi connectivity index (χ3v) is 3.49. The topological polar surface area (TPSA) is 79.1 Å². The van der Waals surface area contributed by atoms with Crippen LogP contribution in [-0.4, -0.2) is 40.5 Å². The Labute approximate surface area is 116 Å². The van der Waals surface area contributed by atoms with Crippen LogP contribution in [0, 0.1) is 0 Å². The van der Waals surface area contributed by atoms with Gasteiger partial charge in [-0.3, -0.25) is 0 Å². The second-order valence-electron chi connectivity index (χ2n) is 4.06. The molecule has 0 bridgehead atoms. The third-order valence-electron chi connectivity index (χ3n) is 2.74. The van der Waals surface area contributed by atoms with Gasteiger partial charge in [-0.1, -0.05) is 13.8 Å². The molecule has 0 fully saturated rings. The van der Waals surface area contributed by atoms with Gasteiger partial charge in [-0.15, -0.1) is 0 Å². The molecule has 0 aromatic carbocycles. The lowest BCUT2D eigenvalue weighted by atomic mass is 10.3. The number of aromatic nitrogens is 2. The van der Waals surface area contributed by atoms with Gasteiger partial charge >= 0.3 is 0 Å². The second kappa shape index (κ2) is 7.50. The first-order chi connectivity index (χ1) is 8.62. The minimum absolute atomic E-state index is 0.293. The number of rotatable bonds is 7. The van der Waals surface area contributed by atoms with Gasteiger partial charge in [0.25, 0.3) is 0 Å². The van der Waals surface area contributed by atoms with Crippen LogP contribution >= 0.6 is 15.9 Å². The maximum Gasteiger partial charge on any atom is 0.159 e. The molecule has 1 atom stereocenters. The fourth-order valence-corrected chi connectivity index (χ4v) is 2.15. The van der Waals surface area contributed by atoms with Crippen LogP contribution in [0.4, 0.5) is 11.6 Å². The van der Waals surface area contributed by atoms with Gasteiger partial charge in [-0.25, -0.2) is 15.8 Å². The molecular weight excluding hydrogens is 296 g/mol. The first kappa shape index (κ1) is 15.1. The number of halogens is 1. The van der Waals surface area contributed by atoms with E-state index in [-0.39, 0.29) is 0 Å². The van der Waals surface area contributed by atoms with Gasteiger partial charge in [0.05, 0.1) is 0 Å². The molecular formula is C11H21BrN6. The fraction of sp³-hybridized carbons (Fsp3) is 0.636. The predicted molar refractivity (Wildman–Crippen MR) is 78.4 cm³/mol. The summed E-state index contributed by atoms with van der Waals surface area (Å²) in [5, 5.41) is 3.35. The summed E-state index contributed by atoms with van der Waals surface area (Å²) in [6.45, 7) is 9.50. The summed E-state index contributed by atoms with van der Waals surface area (Å²) >= 11 is 3.43. The Morgan fingerprint density at radius 2 is 1.94 bits per heavy atom. The molecule has 18 heavy (non-hydrogen) atoms. The highest BCUT2D eigenvalue weighted by atomic mass is 79.9.